The van der Waals surface area contributed by atoms with Crippen LogP contribution in [-0.4, -0.2) is 28.8 Å². The Balaban J connectivity index is 1.82. The Labute approximate surface area is 153 Å². The molecular weight excluding hydrogens is 320 g/mol. The molecule has 0 fully saturated rings. The third-order valence-electron chi connectivity index (χ3n) is 5.17. The summed E-state index contributed by atoms with van der Waals surface area (Å²) in [5.74, 6) is 1.06. The molecular formula is C22H20N4. The molecule has 1 unspecified atom stereocenters. The van der Waals surface area contributed by atoms with Crippen molar-refractivity contribution in [3.05, 3.63) is 95.8 Å². The quantitative estimate of drug-likeness (QED) is 0.770. The fraction of sp³-hybridized carbons (Fsp3) is 0.182. The fourth-order valence-corrected chi connectivity index (χ4v) is 4.05. The van der Waals surface area contributed by atoms with Crippen LogP contribution in [0.15, 0.2) is 84.0 Å². The number of fused-ring (bicyclic) bond motifs is 3. The number of nitrogens with zero attached hydrogens (tertiary/aromatic N) is 3. The first-order chi connectivity index (χ1) is 12.9. The third kappa shape index (κ3) is 2.15. The van der Waals surface area contributed by atoms with Gasteiger partial charge in [0, 0.05) is 36.1 Å². The molecule has 0 saturated heterocycles. The Bertz CT molecular complexity index is 911. The maximum Gasteiger partial charge on any atom is 0.182 e. The van der Waals surface area contributed by atoms with Crippen LogP contribution in [0.5, 0.6) is 0 Å². The second-order valence-corrected chi connectivity index (χ2v) is 6.67. The van der Waals surface area contributed by atoms with Gasteiger partial charge in [-0.1, -0.05) is 48.5 Å². The maximum absolute atomic E-state index is 4.91. The average molecular weight is 340 g/mol. The fourth-order valence-electron chi connectivity index (χ4n) is 4.05. The van der Waals surface area contributed by atoms with Crippen LogP contribution in [-0.2, 0) is 5.66 Å². The Morgan fingerprint density at radius 2 is 1.69 bits per heavy atom. The van der Waals surface area contributed by atoms with E-state index in [4.69, 9.17) is 9.98 Å². The minimum Gasteiger partial charge on any atom is -0.353 e. The number of hydrogen-bond acceptors (Lipinski definition) is 4. The lowest BCUT2D eigenvalue weighted by Crippen LogP contribution is -2.60. The molecule has 1 atom stereocenters. The number of pyridine rings is 1. The van der Waals surface area contributed by atoms with E-state index >= 15 is 0 Å². The summed E-state index contributed by atoms with van der Waals surface area (Å²) in [4.78, 5) is 12.1. The SMILES string of the molecule is c1ccc(C2(c3ccccn3)Nc3ccccc3C3=NCCCN32)cc1. The molecule has 0 saturated carbocycles. The summed E-state index contributed by atoms with van der Waals surface area (Å²) in [6, 6.07) is 25.1. The summed E-state index contributed by atoms with van der Waals surface area (Å²) in [6.07, 6.45) is 2.90. The molecule has 2 aromatic carbocycles. The molecule has 0 bridgehead atoms. The molecule has 26 heavy (non-hydrogen) atoms. The van der Waals surface area contributed by atoms with Crippen molar-refractivity contribution < 1.29 is 0 Å². The van der Waals surface area contributed by atoms with Gasteiger partial charge in [-0.25, -0.2) is 0 Å². The highest BCUT2D eigenvalue weighted by Gasteiger charge is 2.47. The Kier molecular flexibility index (Phi) is 3.49. The van der Waals surface area contributed by atoms with E-state index < -0.39 is 5.66 Å². The van der Waals surface area contributed by atoms with Crippen LogP contribution in [0.3, 0.4) is 0 Å². The molecule has 2 aliphatic heterocycles. The molecule has 0 aliphatic carbocycles. The van der Waals surface area contributed by atoms with Crippen molar-refractivity contribution in [1.82, 2.24) is 9.88 Å². The van der Waals surface area contributed by atoms with Gasteiger partial charge in [0.05, 0.1) is 5.69 Å². The second kappa shape index (κ2) is 5.99. The van der Waals surface area contributed by atoms with Crippen molar-refractivity contribution in [2.75, 3.05) is 18.4 Å². The highest BCUT2D eigenvalue weighted by molar-refractivity contribution is 6.06. The zero-order valence-electron chi connectivity index (χ0n) is 14.5. The molecule has 1 N–H and O–H groups in total. The van der Waals surface area contributed by atoms with Crippen LogP contribution in [0.2, 0.25) is 0 Å². The number of hydrogen-bond donors (Lipinski definition) is 1. The van der Waals surface area contributed by atoms with Gasteiger partial charge < -0.3 is 10.2 Å². The highest BCUT2D eigenvalue weighted by atomic mass is 15.4. The topological polar surface area (TPSA) is 40.5 Å². The van der Waals surface area contributed by atoms with Gasteiger partial charge >= 0.3 is 0 Å². The van der Waals surface area contributed by atoms with Gasteiger partial charge in [-0.3, -0.25) is 9.98 Å². The molecule has 3 heterocycles. The zero-order chi connectivity index (χ0) is 17.4. The van der Waals surface area contributed by atoms with E-state index in [0.717, 1.165) is 42.3 Å². The van der Waals surface area contributed by atoms with Crippen LogP contribution in [0, 0.1) is 0 Å². The number of nitrogens with one attached hydrogen (secondary N) is 1. The highest BCUT2D eigenvalue weighted by Crippen LogP contribution is 2.43. The van der Waals surface area contributed by atoms with E-state index in [2.05, 4.69) is 76.9 Å². The van der Waals surface area contributed by atoms with Crippen molar-refractivity contribution in [1.29, 1.82) is 0 Å². The summed E-state index contributed by atoms with van der Waals surface area (Å²) in [5.41, 5.74) is 3.85. The number of aliphatic imine (C=N–C) groups is 1. The van der Waals surface area contributed by atoms with E-state index in [1.165, 1.54) is 5.56 Å². The molecule has 4 nitrogen and oxygen atoms in total. The average Bonchev–Trinajstić information content (AvgIpc) is 2.74. The molecule has 3 aromatic rings. The van der Waals surface area contributed by atoms with Gasteiger partial charge in [-0.15, -0.1) is 0 Å². The maximum atomic E-state index is 4.91. The zero-order valence-corrected chi connectivity index (χ0v) is 14.5. The lowest BCUT2D eigenvalue weighted by Gasteiger charge is -2.51. The van der Waals surface area contributed by atoms with Gasteiger partial charge in [-0.05, 0) is 30.7 Å². The summed E-state index contributed by atoms with van der Waals surface area (Å²) in [6.45, 7) is 1.80. The van der Waals surface area contributed by atoms with Crippen LogP contribution >= 0.6 is 0 Å². The lowest BCUT2D eigenvalue weighted by atomic mass is 9.87. The van der Waals surface area contributed by atoms with E-state index in [1.54, 1.807) is 0 Å². The minimum absolute atomic E-state index is 0.559. The first-order valence-corrected chi connectivity index (χ1v) is 9.06. The number of aromatic nitrogens is 1. The summed E-state index contributed by atoms with van der Waals surface area (Å²) in [5, 5.41) is 3.82. The predicted octanol–water partition coefficient (Wildman–Crippen LogP) is 3.86. The first kappa shape index (κ1) is 15.1. The van der Waals surface area contributed by atoms with Gasteiger partial charge in [0.15, 0.2) is 5.66 Å². The first-order valence-electron chi connectivity index (χ1n) is 9.06. The van der Waals surface area contributed by atoms with Gasteiger partial charge in [0.1, 0.15) is 5.84 Å². The Hall–Kier alpha value is -3.14. The Morgan fingerprint density at radius 3 is 2.54 bits per heavy atom. The number of para-hydroxylation sites is 1. The van der Waals surface area contributed by atoms with Crippen molar-refractivity contribution in [2.24, 2.45) is 4.99 Å². The van der Waals surface area contributed by atoms with Crippen molar-refractivity contribution >= 4 is 11.5 Å². The standard InChI is InChI=1S/C22H20N4/c1-2-9-17(10-3-1)22(20-13-6-7-14-23-20)25-19-12-5-4-11-18(19)21-24-15-8-16-26(21)22/h1-7,9-14,25H,8,15-16H2. The predicted molar refractivity (Wildman–Crippen MR) is 104 cm³/mol. The minimum atomic E-state index is -0.559. The number of rotatable bonds is 2. The van der Waals surface area contributed by atoms with Crippen LogP contribution in [0.25, 0.3) is 0 Å². The third-order valence-corrected chi connectivity index (χ3v) is 5.17. The van der Waals surface area contributed by atoms with Gasteiger partial charge in [0.25, 0.3) is 0 Å². The second-order valence-electron chi connectivity index (χ2n) is 6.67. The van der Waals surface area contributed by atoms with Gasteiger partial charge in [-0.2, -0.15) is 0 Å². The summed E-state index contributed by atoms with van der Waals surface area (Å²) in [7, 11) is 0. The molecule has 1 aromatic heterocycles. The molecule has 0 radical (unpaired) electrons. The molecule has 0 amide bonds. The molecule has 128 valence electrons. The van der Waals surface area contributed by atoms with E-state index in [1.807, 2.05) is 12.3 Å². The van der Waals surface area contributed by atoms with E-state index in [9.17, 15) is 0 Å². The normalized spacial score (nSPS) is 21.2. The lowest BCUT2D eigenvalue weighted by molar-refractivity contribution is 0.230. The molecule has 0 spiro atoms. The van der Waals surface area contributed by atoms with Crippen molar-refractivity contribution in [2.45, 2.75) is 12.1 Å². The van der Waals surface area contributed by atoms with Crippen LogP contribution in [0.4, 0.5) is 5.69 Å². The van der Waals surface area contributed by atoms with Crippen molar-refractivity contribution in [3.63, 3.8) is 0 Å². The molecule has 4 heteroatoms. The molecule has 5 rings (SSSR count). The number of amidine groups is 1. The smallest absolute Gasteiger partial charge is 0.182 e. The Morgan fingerprint density at radius 1 is 0.885 bits per heavy atom. The number of benzene rings is 2. The monoisotopic (exact) mass is 340 g/mol. The summed E-state index contributed by atoms with van der Waals surface area (Å²) >= 11 is 0. The number of anilines is 1. The van der Waals surface area contributed by atoms with Gasteiger partial charge in [0.2, 0.25) is 0 Å². The van der Waals surface area contributed by atoms with E-state index in [-0.39, 0.29) is 0 Å². The van der Waals surface area contributed by atoms with Crippen molar-refractivity contribution in [3.8, 4) is 0 Å². The van der Waals surface area contributed by atoms with Crippen LogP contribution < -0.4 is 5.32 Å². The van der Waals surface area contributed by atoms with E-state index in [0.29, 0.717) is 0 Å². The molecule has 2 aliphatic rings. The summed E-state index contributed by atoms with van der Waals surface area (Å²) < 4.78 is 0. The largest absolute Gasteiger partial charge is 0.353 e. The van der Waals surface area contributed by atoms with Crippen LogP contribution in [0.1, 0.15) is 23.2 Å².